The van der Waals surface area contributed by atoms with Gasteiger partial charge in [-0.25, -0.2) is 0 Å². The van der Waals surface area contributed by atoms with Crippen LogP contribution < -0.4 is 4.74 Å². The van der Waals surface area contributed by atoms with E-state index in [2.05, 4.69) is 4.98 Å². The molecule has 82 valence electrons. The molecule has 0 aliphatic carbocycles. The van der Waals surface area contributed by atoms with Crippen molar-refractivity contribution in [1.82, 2.24) is 4.98 Å². The Kier molecular flexibility index (Phi) is 2.97. The monoisotopic (exact) mass is 235 g/mol. The molecule has 1 aromatic heterocycles. The number of benzene rings is 1. The molecule has 0 atom stereocenters. The van der Waals surface area contributed by atoms with Crippen LogP contribution in [-0.2, 0) is 0 Å². The molecule has 0 bridgehead atoms. The summed E-state index contributed by atoms with van der Waals surface area (Å²) < 4.78 is 5.22. The van der Waals surface area contributed by atoms with Crippen LogP contribution in [0.15, 0.2) is 36.5 Å². The number of hydrogen-bond donors (Lipinski definition) is 1. The van der Waals surface area contributed by atoms with Gasteiger partial charge in [-0.2, -0.15) is 0 Å². The molecule has 0 aliphatic rings. The highest BCUT2D eigenvalue weighted by Gasteiger charge is 2.07. The highest BCUT2D eigenvalue weighted by atomic mass is 35.5. The topological polar surface area (TPSA) is 42.4 Å². The first-order chi connectivity index (χ1) is 7.70. The van der Waals surface area contributed by atoms with Gasteiger partial charge in [-0.1, -0.05) is 11.6 Å². The molecule has 0 radical (unpaired) electrons. The molecule has 1 aromatic carbocycles. The third-order valence-corrected chi connectivity index (χ3v) is 2.42. The minimum atomic E-state index is 0.136. The van der Waals surface area contributed by atoms with Crippen LogP contribution in [0.3, 0.4) is 0 Å². The molecule has 0 amide bonds. The van der Waals surface area contributed by atoms with Gasteiger partial charge in [0.15, 0.2) is 0 Å². The summed E-state index contributed by atoms with van der Waals surface area (Å²) in [6.45, 7) is 0. The lowest BCUT2D eigenvalue weighted by Gasteiger charge is -2.08. The predicted molar refractivity (Wildman–Crippen MR) is 62.9 cm³/mol. The minimum Gasteiger partial charge on any atom is -0.506 e. The van der Waals surface area contributed by atoms with Crippen molar-refractivity contribution in [2.45, 2.75) is 0 Å². The first kappa shape index (κ1) is 10.8. The fourth-order valence-corrected chi connectivity index (χ4v) is 1.58. The zero-order valence-electron chi connectivity index (χ0n) is 8.64. The lowest BCUT2D eigenvalue weighted by Crippen LogP contribution is -1.89. The molecule has 0 saturated carbocycles. The number of aromatic nitrogens is 1. The van der Waals surface area contributed by atoms with E-state index in [0.717, 1.165) is 11.3 Å². The van der Waals surface area contributed by atoms with Gasteiger partial charge in [0, 0.05) is 10.6 Å². The molecule has 0 aliphatic heterocycles. The number of pyridine rings is 1. The second-order valence-electron chi connectivity index (χ2n) is 3.25. The Bertz CT molecular complexity index is 497. The van der Waals surface area contributed by atoms with E-state index in [9.17, 15) is 0 Å². The SMILES string of the molecule is COc1cc(Cl)ccc1-c1ccc(O)cn1. The number of hydrogen-bond acceptors (Lipinski definition) is 3. The molecule has 1 heterocycles. The summed E-state index contributed by atoms with van der Waals surface area (Å²) in [5.74, 6) is 0.794. The Morgan fingerprint density at radius 2 is 2.06 bits per heavy atom. The lowest BCUT2D eigenvalue weighted by atomic mass is 10.1. The third-order valence-electron chi connectivity index (χ3n) is 2.19. The average molecular weight is 236 g/mol. The smallest absolute Gasteiger partial charge is 0.133 e. The van der Waals surface area contributed by atoms with Crippen LogP contribution in [0.25, 0.3) is 11.3 Å². The lowest BCUT2D eigenvalue weighted by molar-refractivity contribution is 0.416. The summed E-state index contributed by atoms with van der Waals surface area (Å²) in [5.41, 5.74) is 1.57. The Labute approximate surface area is 98.3 Å². The molecule has 0 unspecified atom stereocenters. The first-order valence-electron chi connectivity index (χ1n) is 4.69. The summed E-state index contributed by atoms with van der Waals surface area (Å²) in [5, 5.41) is 9.77. The number of rotatable bonds is 2. The van der Waals surface area contributed by atoms with E-state index in [0.29, 0.717) is 10.8 Å². The fraction of sp³-hybridized carbons (Fsp3) is 0.0833. The molecular formula is C12H10ClNO2. The highest BCUT2D eigenvalue weighted by Crippen LogP contribution is 2.31. The molecule has 2 rings (SSSR count). The van der Waals surface area contributed by atoms with E-state index >= 15 is 0 Å². The number of methoxy groups -OCH3 is 1. The Hall–Kier alpha value is -1.74. The van der Waals surface area contributed by atoms with Crippen LogP contribution in [0.4, 0.5) is 0 Å². The number of nitrogens with zero attached hydrogens (tertiary/aromatic N) is 1. The molecule has 4 heteroatoms. The van der Waals surface area contributed by atoms with Crippen LogP contribution in [0.1, 0.15) is 0 Å². The fourth-order valence-electron chi connectivity index (χ4n) is 1.42. The van der Waals surface area contributed by atoms with Crippen molar-refractivity contribution in [1.29, 1.82) is 0 Å². The molecule has 0 spiro atoms. The molecule has 2 aromatic rings. The predicted octanol–water partition coefficient (Wildman–Crippen LogP) is 3.12. The summed E-state index contributed by atoms with van der Waals surface area (Å²) in [4.78, 5) is 4.11. The van der Waals surface area contributed by atoms with Crippen molar-refractivity contribution in [2.24, 2.45) is 0 Å². The Morgan fingerprint density at radius 1 is 1.25 bits per heavy atom. The maximum absolute atomic E-state index is 9.16. The number of ether oxygens (including phenoxy) is 1. The summed E-state index contributed by atoms with van der Waals surface area (Å²) >= 11 is 5.87. The summed E-state index contributed by atoms with van der Waals surface area (Å²) in [7, 11) is 1.58. The van der Waals surface area contributed by atoms with E-state index in [-0.39, 0.29) is 5.75 Å². The van der Waals surface area contributed by atoms with Gasteiger partial charge in [0.05, 0.1) is 19.0 Å². The number of halogens is 1. The molecule has 16 heavy (non-hydrogen) atoms. The van der Waals surface area contributed by atoms with E-state index in [1.165, 1.54) is 6.20 Å². The normalized spacial score (nSPS) is 10.1. The molecule has 0 fully saturated rings. The Balaban J connectivity index is 2.51. The van der Waals surface area contributed by atoms with Crippen molar-refractivity contribution < 1.29 is 9.84 Å². The maximum atomic E-state index is 9.16. The van der Waals surface area contributed by atoms with E-state index in [1.54, 1.807) is 31.4 Å². The van der Waals surface area contributed by atoms with Crippen molar-refractivity contribution in [2.75, 3.05) is 7.11 Å². The van der Waals surface area contributed by atoms with Gasteiger partial charge >= 0.3 is 0 Å². The van der Waals surface area contributed by atoms with Gasteiger partial charge in [-0.3, -0.25) is 4.98 Å². The second-order valence-corrected chi connectivity index (χ2v) is 3.68. The van der Waals surface area contributed by atoms with E-state index in [4.69, 9.17) is 21.4 Å². The van der Waals surface area contributed by atoms with Crippen molar-refractivity contribution >= 4 is 11.6 Å². The highest BCUT2D eigenvalue weighted by molar-refractivity contribution is 6.30. The number of aromatic hydroxyl groups is 1. The third kappa shape index (κ3) is 2.09. The van der Waals surface area contributed by atoms with Crippen molar-refractivity contribution in [3.05, 3.63) is 41.6 Å². The van der Waals surface area contributed by atoms with Gasteiger partial charge < -0.3 is 9.84 Å². The van der Waals surface area contributed by atoms with Gasteiger partial charge in [-0.05, 0) is 30.3 Å². The van der Waals surface area contributed by atoms with Crippen LogP contribution in [0.5, 0.6) is 11.5 Å². The summed E-state index contributed by atoms with van der Waals surface area (Å²) in [6.07, 6.45) is 1.39. The first-order valence-corrected chi connectivity index (χ1v) is 5.07. The zero-order chi connectivity index (χ0) is 11.5. The minimum absolute atomic E-state index is 0.136. The molecule has 0 saturated heterocycles. The zero-order valence-corrected chi connectivity index (χ0v) is 9.40. The van der Waals surface area contributed by atoms with Crippen LogP contribution in [0.2, 0.25) is 5.02 Å². The van der Waals surface area contributed by atoms with Gasteiger partial charge in [0.1, 0.15) is 11.5 Å². The maximum Gasteiger partial charge on any atom is 0.133 e. The van der Waals surface area contributed by atoms with Crippen molar-refractivity contribution in [3.8, 4) is 22.8 Å². The van der Waals surface area contributed by atoms with Crippen LogP contribution >= 0.6 is 11.6 Å². The van der Waals surface area contributed by atoms with Gasteiger partial charge in [0.25, 0.3) is 0 Å². The summed E-state index contributed by atoms with van der Waals surface area (Å²) in [6, 6.07) is 8.64. The largest absolute Gasteiger partial charge is 0.506 e. The van der Waals surface area contributed by atoms with Crippen LogP contribution in [0, 0.1) is 0 Å². The van der Waals surface area contributed by atoms with Gasteiger partial charge in [0.2, 0.25) is 0 Å². The molecular weight excluding hydrogens is 226 g/mol. The molecule has 1 N–H and O–H groups in total. The standard InChI is InChI=1S/C12H10ClNO2/c1-16-12-6-8(13)2-4-10(12)11-5-3-9(15)7-14-11/h2-7,15H,1H3. The van der Waals surface area contributed by atoms with Crippen molar-refractivity contribution in [3.63, 3.8) is 0 Å². The second kappa shape index (κ2) is 4.41. The Morgan fingerprint density at radius 3 is 2.69 bits per heavy atom. The van der Waals surface area contributed by atoms with Crippen LogP contribution in [-0.4, -0.2) is 17.2 Å². The van der Waals surface area contributed by atoms with E-state index in [1.807, 2.05) is 6.07 Å². The quantitative estimate of drug-likeness (QED) is 0.870. The molecule has 3 nitrogen and oxygen atoms in total. The van der Waals surface area contributed by atoms with E-state index < -0.39 is 0 Å². The average Bonchev–Trinajstić information content (AvgIpc) is 2.30. The van der Waals surface area contributed by atoms with Gasteiger partial charge in [-0.15, -0.1) is 0 Å².